The highest BCUT2D eigenvalue weighted by Crippen LogP contribution is 2.11. The zero-order valence-corrected chi connectivity index (χ0v) is 16.7. The lowest BCUT2D eigenvalue weighted by Gasteiger charge is -2.25. The third kappa shape index (κ3) is 19.5. The summed E-state index contributed by atoms with van der Waals surface area (Å²) in [6.45, 7) is 6.80. The molecule has 0 aromatic heterocycles. The van der Waals surface area contributed by atoms with Crippen molar-refractivity contribution in [2.45, 2.75) is 85.2 Å². The second-order valence-corrected chi connectivity index (χ2v) is 8.46. The minimum Gasteiger partial charge on any atom is -0.441 e. The van der Waals surface area contributed by atoms with Gasteiger partial charge in [-0.15, -0.1) is 0 Å². The number of carbonyl (C=O) groups is 1. The smallest absolute Gasteiger partial charge is 0.407 e. The normalized spacial score (nSPS) is 11.7. The van der Waals surface area contributed by atoms with Crippen molar-refractivity contribution in [3.8, 4) is 0 Å². The quantitative estimate of drug-likeness (QED) is 0.317. The van der Waals surface area contributed by atoms with Gasteiger partial charge < -0.3 is 14.8 Å². The first-order valence-corrected chi connectivity index (χ1v) is 10.8. The largest absolute Gasteiger partial charge is 0.441 e. The first kappa shape index (κ1) is 27.4. The zero-order chi connectivity index (χ0) is 19.2. The maximum Gasteiger partial charge on any atom is 0.407 e. The zero-order valence-electron chi connectivity index (χ0n) is 15.9. The van der Waals surface area contributed by atoms with E-state index in [-0.39, 0.29) is 20.4 Å². The van der Waals surface area contributed by atoms with Crippen LogP contribution in [0, 0.1) is 0 Å². The SMILES string of the molecule is C.CCCCCCCCCOCC(C)(C)OC(=O)NCCCS(=O)(=O)O. The lowest BCUT2D eigenvalue weighted by molar-refractivity contribution is -0.0336. The van der Waals surface area contributed by atoms with Gasteiger partial charge in [0.1, 0.15) is 5.60 Å². The van der Waals surface area contributed by atoms with E-state index < -0.39 is 27.6 Å². The van der Waals surface area contributed by atoms with Gasteiger partial charge in [0.2, 0.25) is 0 Å². The topological polar surface area (TPSA) is 102 Å². The summed E-state index contributed by atoms with van der Waals surface area (Å²) < 4.78 is 40.5. The maximum absolute atomic E-state index is 11.6. The molecule has 2 N–H and O–H groups in total. The van der Waals surface area contributed by atoms with Crippen LogP contribution in [0.3, 0.4) is 0 Å². The predicted octanol–water partition coefficient (Wildman–Crippen LogP) is 4.17. The fourth-order valence-corrected chi connectivity index (χ4v) is 2.75. The molecule has 0 unspecified atom stereocenters. The first-order valence-electron chi connectivity index (χ1n) is 9.16. The van der Waals surface area contributed by atoms with Crippen molar-refractivity contribution < 1.29 is 27.2 Å². The van der Waals surface area contributed by atoms with Crippen molar-refractivity contribution >= 4 is 16.2 Å². The highest BCUT2D eigenvalue weighted by molar-refractivity contribution is 7.85. The standard InChI is InChI=1S/C17H35NO6S.CH4/c1-4-5-6-7-8-9-10-13-23-15-17(2,3)24-16(19)18-12-11-14-25(20,21)22;/h4-15H2,1-3H3,(H,18,19)(H,20,21,22);1H4. The predicted molar refractivity (Wildman–Crippen MR) is 105 cm³/mol. The van der Waals surface area contributed by atoms with E-state index in [1.807, 2.05) is 0 Å². The van der Waals surface area contributed by atoms with E-state index in [2.05, 4.69) is 12.2 Å². The van der Waals surface area contributed by atoms with Gasteiger partial charge in [0, 0.05) is 13.2 Å². The number of ether oxygens (including phenoxy) is 2. The van der Waals surface area contributed by atoms with Crippen LogP contribution < -0.4 is 5.32 Å². The molecular weight excluding hydrogens is 358 g/mol. The molecule has 7 nitrogen and oxygen atoms in total. The van der Waals surface area contributed by atoms with Gasteiger partial charge in [0.05, 0.1) is 12.4 Å². The summed E-state index contributed by atoms with van der Waals surface area (Å²) in [6, 6.07) is 0. The van der Waals surface area contributed by atoms with Gasteiger partial charge in [0.25, 0.3) is 10.1 Å². The monoisotopic (exact) mass is 397 g/mol. The van der Waals surface area contributed by atoms with Gasteiger partial charge in [-0.2, -0.15) is 8.42 Å². The molecular formula is C18H39NO6S. The number of hydrogen-bond acceptors (Lipinski definition) is 5. The fourth-order valence-electron chi connectivity index (χ4n) is 2.24. The Kier molecular flexibility index (Phi) is 16.0. The summed E-state index contributed by atoms with van der Waals surface area (Å²) in [4.78, 5) is 11.6. The van der Waals surface area contributed by atoms with Crippen LogP contribution in [0.25, 0.3) is 0 Å². The lowest BCUT2D eigenvalue weighted by atomic mass is 10.1. The molecule has 1 amide bonds. The summed E-state index contributed by atoms with van der Waals surface area (Å²) >= 11 is 0. The van der Waals surface area contributed by atoms with Gasteiger partial charge in [-0.3, -0.25) is 4.55 Å². The van der Waals surface area contributed by atoms with E-state index in [9.17, 15) is 13.2 Å². The maximum atomic E-state index is 11.6. The summed E-state index contributed by atoms with van der Waals surface area (Å²) in [6.07, 6.45) is 8.03. The Labute approximate surface area is 160 Å². The summed E-state index contributed by atoms with van der Waals surface area (Å²) in [5.74, 6) is -0.391. The van der Waals surface area contributed by atoms with E-state index in [1.165, 1.54) is 32.1 Å². The van der Waals surface area contributed by atoms with E-state index in [0.29, 0.717) is 13.2 Å². The van der Waals surface area contributed by atoms with Crippen molar-refractivity contribution in [3.05, 3.63) is 0 Å². The molecule has 0 rings (SSSR count). The second-order valence-electron chi connectivity index (χ2n) is 6.89. The molecule has 0 aromatic carbocycles. The molecule has 158 valence electrons. The number of amides is 1. The number of unbranched alkanes of at least 4 members (excludes halogenated alkanes) is 6. The summed E-state index contributed by atoms with van der Waals surface area (Å²) in [7, 11) is -4.00. The molecule has 8 heteroatoms. The van der Waals surface area contributed by atoms with Crippen LogP contribution in [0.4, 0.5) is 4.79 Å². The molecule has 0 aliphatic rings. The Balaban J connectivity index is 0. The Morgan fingerprint density at radius 3 is 2.19 bits per heavy atom. The molecule has 0 bridgehead atoms. The lowest BCUT2D eigenvalue weighted by Crippen LogP contribution is -2.38. The third-order valence-electron chi connectivity index (χ3n) is 3.56. The molecule has 0 aromatic rings. The highest BCUT2D eigenvalue weighted by atomic mass is 32.2. The van der Waals surface area contributed by atoms with Crippen LogP contribution in [-0.2, 0) is 19.6 Å². The van der Waals surface area contributed by atoms with Crippen molar-refractivity contribution in [2.24, 2.45) is 0 Å². The van der Waals surface area contributed by atoms with Crippen molar-refractivity contribution in [1.82, 2.24) is 5.32 Å². The number of rotatable bonds is 15. The minimum atomic E-state index is -4.00. The summed E-state index contributed by atoms with van der Waals surface area (Å²) in [5.41, 5.74) is -0.756. The van der Waals surface area contributed by atoms with E-state index >= 15 is 0 Å². The molecule has 0 spiro atoms. The van der Waals surface area contributed by atoms with E-state index in [1.54, 1.807) is 13.8 Å². The van der Waals surface area contributed by atoms with Gasteiger partial charge in [0.15, 0.2) is 0 Å². The average molecular weight is 398 g/mol. The Hall–Kier alpha value is -0.860. The molecule has 26 heavy (non-hydrogen) atoms. The molecule has 0 saturated carbocycles. The number of alkyl carbamates (subject to hydrolysis) is 1. The first-order chi connectivity index (χ1) is 11.7. The third-order valence-corrected chi connectivity index (χ3v) is 4.36. The van der Waals surface area contributed by atoms with Crippen LogP contribution in [0.1, 0.15) is 79.6 Å². The Bertz CT molecular complexity index is 451. The number of nitrogens with one attached hydrogen (secondary N) is 1. The van der Waals surface area contributed by atoms with Crippen molar-refractivity contribution in [1.29, 1.82) is 0 Å². The van der Waals surface area contributed by atoms with Gasteiger partial charge in [-0.1, -0.05) is 52.9 Å². The van der Waals surface area contributed by atoms with Gasteiger partial charge >= 0.3 is 6.09 Å². The average Bonchev–Trinajstić information content (AvgIpc) is 2.48. The van der Waals surface area contributed by atoms with Crippen LogP contribution >= 0.6 is 0 Å². The van der Waals surface area contributed by atoms with Crippen LogP contribution in [0.15, 0.2) is 0 Å². The van der Waals surface area contributed by atoms with Crippen LogP contribution in [0.2, 0.25) is 0 Å². The van der Waals surface area contributed by atoms with Gasteiger partial charge in [-0.25, -0.2) is 4.79 Å². The summed E-state index contributed by atoms with van der Waals surface area (Å²) in [5, 5.41) is 2.45. The molecule has 0 heterocycles. The van der Waals surface area contributed by atoms with E-state index in [0.717, 1.165) is 12.8 Å². The molecule has 0 aliphatic carbocycles. The Morgan fingerprint density at radius 1 is 1.04 bits per heavy atom. The molecule has 0 aliphatic heterocycles. The molecule has 0 atom stereocenters. The molecule has 0 radical (unpaired) electrons. The second kappa shape index (κ2) is 15.2. The minimum absolute atomic E-state index is 0. The van der Waals surface area contributed by atoms with Crippen molar-refractivity contribution in [3.63, 3.8) is 0 Å². The van der Waals surface area contributed by atoms with Crippen molar-refractivity contribution in [2.75, 3.05) is 25.5 Å². The Morgan fingerprint density at radius 2 is 1.62 bits per heavy atom. The molecule has 0 fully saturated rings. The highest BCUT2D eigenvalue weighted by Gasteiger charge is 2.23. The van der Waals surface area contributed by atoms with Gasteiger partial charge in [-0.05, 0) is 26.7 Å². The van der Waals surface area contributed by atoms with Crippen LogP contribution in [-0.4, -0.2) is 50.2 Å². The van der Waals surface area contributed by atoms with Crippen LogP contribution in [0.5, 0.6) is 0 Å². The number of hydrogen-bond donors (Lipinski definition) is 2. The fraction of sp³-hybridized carbons (Fsp3) is 0.944. The molecule has 0 saturated heterocycles. The number of carbonyl (C=O) groups excluding carboxylic acids is 1. The van der Waals surface area contributed by atoms with E-state index in [4.69, 9.17) is 14.0 Å².